The van der Waals surface area contributed by atoms with E-state index < -0.39 is 11.5 Å². The average Bonchev–Trinajstić information content (AvgIpc) is 1.82. The molecule has 3 N–H and O–H groups in total. The molecule has 0 aliphatic carbocycles. The van der Waals surface area contributed by atoms with Crippen LogP contribution in [0.3, 0.4) is 0 Å². The van der Waals surface area contributed by atoms with E-state index >= 15 is 0 Å². The highest BCUT2D eigenvalue weighted by Crippen LogP contribution is 2.22. The molecule has 1 aliphatic heterocycles. The molecule has 2 unspecified atom stereocenters. The Kier molecular flexibility index (Phi) is 1.22. The van der Waals surface area contributed by atoms with E-state index in [2.05, 4.69) is 0 Å². The molecule has 0 aromatic carbocycles. The van der Waals surface area contributed by atoms with Gasteiger partial charge in [-0.2, -0.15) is 0 Å². The van der Waals surface area contributed by atoms with E-state index in [1.807, 2.05) is 0 Å². The van der Waals surface area contributed by atoms with Crippen molar-refractivity contribution >= 4 is 5.97 Å². The van der Waals surface area contributed by atoms with Crippen LogP contribution in [-0.4, -0.2) is 29.3 Å². The molecule has 2 atom stereocenters. The molecule has 0 radical (unpaired) electrons. The molecule has 0 spiro atoms. The zero-order valence-corrected chi connectivity index (χ0v) is 5.13. The van der Waals surface area contributed by atoms with Gasteiger partial charge in [-0.1, -0.05) is 0 Å². The summed E-state index contributed by atoms with van der Waals surface area (Å²) in [5.74, 6) is -0.985. The third-order valence-electron chi connectivity index (χ3n) is 1.70. The molecule has 4 nitrogen and oxygen atoms in total. The molecule has 1 fully saturated rings. The zero-order valence-electron chi connectivity index (χ0n) is 5.13. The number of nitrogens with two attached hydrogens (primary N) is 1. The Morgan fingerprint density at radius 1 is 2.00 bits per heavy atom. The fourth-order valence-corrected chi connectivity index (χ4v) is 0.665. The first-order valence-corrected chi connectivity index (χ1v) is 2.71. The summed E-state index contributed by atoms with van der Waals surface area (Å²) in [6.07, 6.45) is -0.352. The van der Waals surface area contributed by atoms with E-state index in [0.29, 0.717) is 0 Å². The van der Waals surface area contributed by atoms with Gasteiger partial charge >= 0.3 is 5.97 Å². The quantitative estimate of drug-likeness (QED) is 0.488. The standard InChI is InChI=1S/C5H9NO3/c1-3-5(6,2-9-3)4(7)8/h3H,2,6H2,1H3,(H,7,8). The van der Waals surface area contributed by atoms with Crippen molar-refractivity contribution in [2.24, 2.45) is 5.73 Å². The van der Waals surface area contributed by atoms with Gasteiger partial charge in [0.25, 0.3) is 0 Å². The van der Waals surface area contributed by atoms with E-state index in [4.69, 9.17) is 15.6 Å². The summed E-state index contributed by atoms with van der Waals surface area (Å²) < 4.78 is 4.80. The smallest absolute Gasteiger partial charge is 0.328 e. The van der Waals surface area contributed by atoms with Gasteiger partial charge in [0, 0.05) is 0 Å². The fraction of sp³-hybridized carbons (Fsp3) is 0.800. The van der Waals surface area contributed by atoms with E-state index in [9.17, 15) is 4.79 Å². The van der Waals surface area contributed by atoms with Gasteiger partial charge in [0.1, 0.15) is 0 Å². The molecule has 9 heavy (non-hydrogen) atoms. The molecular formula is C5H9NO3. The molecule has 0 saturated carbocycles. The normalized spacial score (nSPS) is 41.8. The van der Waals surface area contributed by atoms with Crippen molar-refractivity contribution < 1.29 is 14.6 Å². The minimum absolute atomic E-state index is 0.128. The zero-order chi connectivity index (χ0) is 7.07. The maximum atomic E-state index is 10.3. The highest BCUT2D eigenvalue weighted by molar-refractivity contribution is 5.80. The lowest BCUT2D eigenvalue weighted by molar-refractivity contribution is -0.176. The number of ether oxygens (including phenoxy) is 1. The van der Waals surface area contributed by atoms with Crippen LogP contribution in [0.1, 0.15) is 6.92 Å². The molecule has 0 aromatic heterocycles. The van der Waals surface area contributed by atoms with Crippen molar-refractivity contribution in [2.45, 2.75) is 18.6 Å². The van der Waals surface area contributed by atoms with Crippen LogP contribution in [0.4, 0.5) is 0 Å². The topological polar surface area (TPSA) is 72.5 Å². The number of hydrogen-bond acceptors (Lipinski definition) is 3. The first-order valence-electron chi connectivity index (χ1n) is 2.71. The monoisotopic (exact) mass is 131 g/mol. The maximum absolute atomic E-state index is 10.3. The first-order chi connectivity index (χ1) is 4.07. The van der Waals surface area contributed by atoms with Gasteiger partial charge in [-0.3, -0.25) is 4.79 Å². The summed E-state index contributed by atoms with van der Waals surface area (Å²) in [5, 5.41) is 8.46. The third-order valence-corrected chi connectivity index (χ3v) is 1.70. The van der Waals surface area contributed by atoms with Crippen molar-refractivity contribution in [1.29, 1.82) is 0 Å². The van der Waals surface area contributed by atoms with Gasteiger partial charge in [-0.15, -0.1) is 0 Å². The fourth-order valence-electron chi connectivity index (χ4n) is 0.665. The SMILES string of the molecule is CC1OCC1(N)C(=O)O. The Morgan fingerprint density at radius 3 is 2.56 bits per heavy atom. The summed E-state index contributed by atoms with van der Waals surface area (Å²) in [4.78, 5) is 10.3. The Labute approximate surface area is 52.6 Å². The minimum Gasteiger partial charge on any atom is -0.480 e. The van der Waals surface area contributed by atoms with Crippen LogP contribution in [0.5, 0.6) is 0 Å². The largest absolute Gasteiger partial charge is 0.480 e. The van der Waals surface area contributed by atoms with Gasteiger partial charge in [0.05, 0.1) is 12.7 Å². The van der Waals surface area contributed by atoms with Gasteiger partial charge in [0.2, 0.25) is 0 Å². The molecule has 0 aromatic rings. The van der Waals surface area contributed by atoms with Crippen LogP contribution in [-0.2, 0) is 9.53 Å². The number of rotatable bonds is 1. The van der Waals surface area contributed by atoms with E-state index in [1.54, 1.807) is 6.92 Å². The number of hydrogen-bond donors (Lipinski definition) is 2. The van der Waals surface area contributed by atoms with Gasteiger partial charge in [-0.25, -0.2) is 0 Å². The summed E-state index contributed by atoms with van der Waals surface area (Å²) in [7, 11) is 0. The van der Waals surface area contributed by atoms with Crippen LogP contribution in [0, 0.1) is 0 Å². The van der Waals surface area contributed by atoms with E-state index in [1.165, 1.54) is 0 Å². The summed E-state index contributed by atoms with van der Waals surface area (Å²) in [6.45, 7) is 1.78. The number of carbonyl (C=O) groups is 1. The molecule has 4 heteroatoms. The Hall–Kier alpha value is -0.610. The Bertz CT molecular complexity index is 147. The molecule has 52 valence electrons. The summed E-state index contributed by atoms with van der Waals surface area (Å²) >= 11 is 0. The summed E-state index contributed by atoms with van der Waals surface area (Å²) in [5.41, 5.74) is 4.24. The molecule has 1 aliphatic rings. The Morgan fingerprint density at radius 2 is 2.56 bits per heavy atom. The Balaban J connectivity index is 2.64. The first kappa shape index (κ1) is 6.51. The van der Waals surface area contributed by atoms with Crippen LogP contribution in [0.2, 0.25) is 0 Å². The highest BCUT2D eigenvalue weighted by Gasteiger charge is 2.49. The van der Waals surface area contributed by atoms with Gasteiger partial charge < -0.3 is 15.6 Å². The van der Waals surface area contributed by atoms with Crippen molar-refractivity contribution in [3.63, 3.8) is 0 Å². The second-order valence-corrected chi connectivity index (χ2v) is 2.30. The van der Waals surface area contributed by atoms with Gasteiger partial charge in [-0.05, 0) is 6.92 Å². The highest BCUT2D eigenvalue weighted by atomic mass is 16.5. The minimum atomic E-state index is -1.12. The molecule has 0 amide bonds. The van der Waals surface area contributed by atoms with Gasteiger partial charge in [0.15, 0.2) is 5.54 Å². The number of carboxylic acid groups (broad SMARTS) is 1. The van der Waals surface area contributed by atoms with E-state index in [0.717, 1.165) is 0 Å². The summed E-state index contributed by atoms with van der Waals surface area (Å²) in [6, 6.07) is 0. The van der Waals surface area contributed by atoms with Crippen LogP contribution < -0.4 is 5.73 Å². The molecule has 1 rings (SSSR count). The number of aliphatic carboxylic acids is 1. The van der Waals surface area contributed by atoms with Crippen LogP contribution >= 0.6 is 0 Å². The lowest BCUT2D eigenvalue weighted by atomic mass is 9.91. The number of carboxylic acids is 1. The van der Waals surface area contributed by atoms with E-state index in [-0.39, 0.29) is 12.7 Å². The predicted molar refractivity (Wildman–Crippen MR) is 30.0 cm³/mol. The second-order valence-electron chi connectivity index (χ2n) is 2.30. The lowest BCUT2D eigenvalue weighted by Crippen LogP contribution is -2.68. The van der Waals surface area contributed by atoms with Crippen LogP contribution in [0.25, 0.3) is 0 Å². The van der Waals surface area contributed by atoms with Crippen LogP contribution in [0.15, 0.2) is 0 Å². The maximum Gasteiger partial charge on any atom is 0.328 e. The second kappa shape index (κ2) is 1.68. The van der Waals surface area contributed by atoms with Crippen molar-refractivity contribution in [3.8, 4) is 0 Å². The molecule has 0 bridgehead atoms. The molecule has 1 heterocycles. The van der Waals surface area contributed by atoms with Crippen molar-refractivity contribution in [2.75, 3.05) is 6.61 Å². The lowest BCUT2D eigenvalue weighted by Gasteiger charge is -2.40. The van der Waals surface area contributed by atoms with Crippen molar-refractivity contribution in [3.05, 3.63) is 0 Å². The average molecular weight is 131 g/mol. The van der Waals surface area contributed by atoms with Crippen molar-refractivity contribution in [1.82, 2.24) is 0 Å². The third kappa shape index (κ3) is 0.710. The molecule has 1 saturated heterocycles. The molecular weight excluding hydrogens is 122 g/mol. The predicted octanol–water partition coefficient (Wildman–Crippen LogP) is -0.813.